The lowest BCUT2D eigenvalue weighted by Crippen LogP contribution is -2.32. The van der Waals surface area contributed by atoms with Gasteiger partial charge in [0.25, 0.3) is 0 Å². The Morgan fingerprint density at radius 1 is 1.12 bits per heavy atom. The topological polar surface area (TPSA) is 55.6 Å². The summed E-state index contributed by atoms with van der Waals surface area (Å²) in [7, 11) is 1.22. The van der Waals surface area contributed by atoms with Crippen LogP contribution in [-0.4, -0.2) is 13.1 Å². The molecule has 8 heteroatoms. The molecule has 0 aromatic heterocycles. The van der Waals surface area contributed by atoms with E-state index in [1.165, 1.54) is 19.2 Å². The average Bonchev–Trinajstić information content (AvgIpc) is 2.48. The first kappa shape index (κ1) is 17.6. The van der Waals surface area contributed by atoms with Crippen LogP contribution in [0.15, 0.2) is 36.4 Å². The van der Waals surface area contributed by atoms with E-state index in [0.29, 0.717) is 16.5 Å². The maximum Gasteiger partial charge on any atom is 0.416 e. The molecule has 128 valence electrons. The van der Waals surface area contributed by atoms with Crippen LogP contribution in [0, 0.1) is 12.7 Å². The molecule has 0 heterocycles. The van der Waals surface area contributed by atoms with Gasteiger partial charge >= 0.3 is 12.2 Å². The van der Waals surface area contributed by atoms with Crippen LogP contribution in [-0.2, 0) is 6.18 Å². The Balaban J connectivity index is 2.69. The molecule has 2 amide bonds. The molecule has 0 unspecified atom stereocenters. The molecule has 0 spiro atoms. The van der Waals surface area contributed by atoms with Gasteiger partial charge in [-0.05, 0) is 42.8 Å². The molecule has 0 radical (unpaired) electrons. The van der Waals surface area contributed by atoms with Crippen molar-refractivity contribution in [2.45, 2.75) is 13.1 Å². The third-order valence-electron chi connectivity index (χ3n) is 3.31. The van der Waals surface area contributed by atoms with E-state index in [9.17, 15) is 22.4 Å². The summed E-state index contributed by atoms with van der Waals surface area (Å²) >= 11 is 0. The lowest BCUT2D eigenvalue weighted by atomic mass is 10.1. The molecule has 0 bridgehead atoms. The minimum Gasteiger partial charge on any atom is -0.495 e. The van der Waals surface area contributed by atoms with Crippen LogP contribution in [0.25, 0.3) is 0 Å². The van der Waals surface area contributed by atoms with Crippen molar-refractivity contribution in [3.63, 3.8) is 0 Å². The maximum atomic E-state index is 14.2. The summed E-state index contributed by atoms with van der Waals surface area (Å²) in [5, 5.41) is 0. The number of nitrogens with two attached hydrogens (primary N) is 1. The minimum absolute atomic E-state index is 0.0539. The Labute approximate surface area is 135 Å². The number of anilines is 2. The SMILES string of the molecule is COc1ccc(C(F)(F)F)cc1N(C(N)=O)c1ccc(C)cc1F. The van der Waals surface area contributed by atoms with Crippen LogP contribution in [0.1, 0.15) is 11.1 Å². The van der Waals surface area contributed by atoms with Crippen LogP contribution in [0.4, 0.5) is 33.7 Å². The first-order valence-electron chi connectivity index (χ1n) is 6.76. The lowest BCUT2D eigenvalue weighted by molar-refractivity contribution is -0.137. The van der Waals surface area contributed by atoms with Gasteiger partial charge in [-0.25, -0.2) is 9.18 Å². The van der Waals surface area contributed by atoms with Crippen LogP contribution >= 0.6 is 0 Å². The third kappa shape index (κ3) is 3.42. The zero-order valence-electron chi connectivity index (χ0n) is 12.8. The molecule has 0 saturated carbocycles. The van der Waals surface area contributed by atoms with Crippen molar-refractivity contribution >= 4 is 17.4 Å². The fourth-order valence-electron chi connectivity index (χ4n) is 2.20. The number of halogens is 4. The van der Waals surface area contributed by atoms with Crippen molar-refractivity contribution in [2.75, 3.05) is 12.0 Å². The van der Waals surface area contributed by atoms with Crippen LogP contribution in [0.3, 0.4) is 0 Å². The smallest absolute Gasteiger partial charge is 0.416 e. The van der Waals surface area contributed by atoms with Crippen LogP contribution < -0.4 is 15.4 Å². The molecule has 2 N–H and O–H groups in total. The Bertz CT molecular complexity index is 775. The quantitative estimate of drug-likeness (QED) is 0.842. The summed E-state index contributed by atoms with van der Waals surface area (Å²) in [4.78, 5) is 12.5. The average molecular weight is 342 g/mol. The second kappa shape index (κ2) is 6.38. The normalized spacial score (nSPS) is 11.2. The maximum absolute atomic E-state index is 14.2. The molecule has 2 rings (SSSR count). The number of nitrogens with zero attached hydrogens (tertiary/aromatic N) is 1. The number of benzene rings is 2. The van der Waals surface area contributed by atoms with E-state index in [0.717, 1.165) is 18.2 Å². The minimum atomic E-state index is -4.64. The summed E-state index contributed by atoms with van der Waals surface area (Å²) in [5.41, 5.74) is 4.26. The first-order chi connectivity index (χ1) is 11.1. The van der Waals surface area contributed by atoms with Crippen molar-refractivity contribution in [1.29, 1.82) is 0 Å². The largest absolute Gasteiger partial charge is 0.495 e. The Hall–Kier alpha value is -2.77. The van der Waals surface area contributed by atoms with Gasteiger partial charge < -0.3 is 10.5 Å². The van der Waals surface area contributed by atoms with E-state index in [1.807, 2.05) is 0 Å². The Morgan fingerprint density at radius 2 is 1.79 bits per heavy atom. The number of alkyl halides is 3. The number of amides is 2. The number of rotatable bonds is 3. The molecule has 0 aliphatic carbocycles. The molecule has 0 aliphatic heterocycles. The second-order valence-corrected chi connectivity index (χ2v) is 5.01. The van der Waals surface area contributed by atoms with Gasteiger partial charge in [0, 0.05) is 0 Å². The highest BCUT2D eigenvalue weighted by atomic mass is 19.4. The molecule has 0 aliphatic rings. The Kier molecular flexibility index (Phi) is 4.68. The van der Waals surface area contributed by atoms with Crippen molar-refractivity contribution in [1.82, 2.24) is 0 Å². The van der Waals surface area contributed by atoms with E-state index in [4.69, 9.17) is 10.5 Å². The van der Waals surface area contributed by atoms with E-state index in [1.54, 1.807) is 6.92 Å². The molecule has 2 aromatic rings. The number of aryl methyl sites for hydroxylation is 1. The number of ether oxygens (including phenoxy) is 1. The third-order valence-corrected chi connectivity index (χ3v) is 3.31. The number of methoxy groups -OCH3 is 1. The van der Waals surface area contributed by atoms with E-state index in [-0.39, 0.29) is 17.1 Å². The number of carbonyl (C=O) groups excluding carboxylic acids is 1. The van der Waals surface area contributed by atoms with Gasteiger partial charge in [-0.1, -0.05) is 6.07 Å². The molecule has 2 aromatic carbocycles. The fraction of sp³-hybridized carbons (Fsp3) is 0.188. The number of hydrogen-bond donors (Lipinski definition) is 1. The van der Waals surface area contributed by atoms with Gasteiger partial charge in [0.2, 0.25) is 0 Å². The lowest BCUT2D eigenvalue weighted by Gasteiger charge is -2.24. The number of hydrogen-bond acceptors (Lipinski definition) is 2. The van der Waals surface area contributed by atoms with Crippen LogP contribution in [0.5, 0.6) is 5.75 Å². The highest BCUT2D eigenvalue weighted by Crippen LogP contribution is 2.40. The van der Waals surface area contributed by atoms with Crippen molar-refractivity contribution < 1.29 is 27.1 Å². The molecule has 24 heavy (non-hydrogen) atoms. The van der Waals surface area contributed by atoms with Crippen molar-refractivity contribution in [2.24, 2.45) is 5.73 Å². The number of urea groups is 1. The van der Waals surface area contributed by atoms with Crippen LogP contribution in [0.2, 0.25) is 0 Å². The summed E-state index contributed by atoms with van der Waals surface area (Å²) in [6, 6.07) is 5.29. The molecular weight excluding hydrogens is 328 g/mol. The summed E-state index contributed by atoms with van der Waals surface area (Å²) in [5.74, 6) is -0.852. The molecular formula is C16H14F4N2O2. The van der Waals surface area contributed by atoms with Gasteiger partial charge in [-0.2, -0.15) is 13.2 Å². The predicted octanol–water partition coefficient (Wildman–Crippen LogP) is 4.38. The van der Waals surface area contributed by atoms with Gasteiger partial charge in [-0.3, -0.25) is 4.90 Å². The van der Waals surface area contributed by atoms with E-state index >= 15 is 0 Å². The Morgan fingerprint density at radius 3 is 2.29 bits per heavy atom. The van der Waals surface area contributed by atoms with Crippen molar-refractivity contribution in [3.8, 4) is 5.75 Å². The molecule has 0 fully saturated rings. The first-order valence-corrected chi connectivity index (χ1v) is 6.76. The highest BCUT2D eigenvalue weighted by molar-refractivity contribution is 6.00. The second-order valence-electron chi connectivity index (χ2n) is 5.01. The summed E-state index contributed by atoms with van der Waals surface area (Å²) in [6.07, 6.45) is -4.64. The molecule has 0 saturated heterocycles. The highest BCUT2D eigenvalue weighted by Gasteiger charge is 2.33. The van der Waals surface area contributed by atoms with Gasteiger partial charge in [0.05, 0.1) is 24.0 Å². The fourth-order valence-corrected chi connectivity index (χ4v) is 2.20. The van der Waals surface area contributed by atoms with Gasteiger partial charge in [0.15, 0.2) is 0 Å². The van der Waals surface area contributed by atoms with E-state index < -0.39 is 23.6 Å². The number of carbonyl (C=O) groups is 1. The predicted molar refractivity (Wildman–Crippen MR) is 80.9 cm³/mol. The number of primary amides is 1. The van der Waals surface area contributed by atoms with Crippen molar-refractivity contribution in [3.05, 3.63) is 53.3 Å². The van der Waals surface area contributed by atoms with Gasteiger partial charge in [-0.15, -0.1) is 0 Å². The standard InChI is InChI=1S/C16H14F4N2O2/c1-9-3-5-12(11(17)7-9)22(15(21)23)13-8-10(16(18,19)20)4-6-14(13)24-2/h3-8H,1-2H3,(H2,21,23). The van der Waals surface area contributed by atoms with E-state index in [2.05, 4.69) is 0 Å². The van der Waals surface area contributed by atoms with Gasteiger partial charge in [0.1, 0.15) is 11.6 Å². The zero-order valence-corrected chi connectivity index (χ0v) is 12.8. The zero-order chi connectivity index (χ0) is 18.1. The summed E-state index contributed by atoms with van der Waals surface area (Å²) in [6.45, 7) is 1.63. The monoisotopic (exact) mass is 342 g/mol. The summed E-state index contributed by atoms with van der Waals surface area (Å²) < 4.78 is 58.1. The molecule has 0 atom stereocenters. The molecule has 4 nitrogen and oxygen atoms in total.